The van der Waals surface area contributed by atoms with E-state index in [0.717, 1.165) is 0 Å². The molecule has 2 aromatic carbocycles. The van der Waals surface area contributed by atoms with E-state index in [1.807, 2.05) is 0 Å². The minimum Gasteiger partial charge on any atom is -0.504 e. The third kappa shape index (κ3) is 5.38. The van der Waals surface area contributed by atoms with Crippen LogP contribution in [0.3, 0.4) is 0 Å². The van der Waals surface area contributed by atoms with Gasteiger partial charge in [0.1, 0.15) is 0 Å². The molecule has 1 aliphatic rings. The normalized spacial score (nSPS) is 18.6. The Morgan fingerprint density at radius 3 is 1.61 bits per heavy atom. The largest absolute Gasteiger partial charge is 0.504 e. The monoisotopic (exact) mass is 456 g/mol. The maximum absolute atomic E-state index is 13.2. The molecular weight excluding hydrogens is 432 g/mol. The molecule has 0 atom stereocenters. The number of aromatic hydroxyl groups is 6. The zero-order chi connectivity index (χ0) is 24.3. The molecule has 0 saturated heterocycles. The summed E-state index contributed by atoms with van der Waals surface area (Å²) in [6.45, 7) is 1.90. The van der Waals surface area contributed by atoms with Crippen LogP contribution in [-0.2, 0) is 14.3 Å². The second-order valence-corrected chi connectivity index (χ2v) is 7.77. The van der Waals surface area contributed by atoms with Crippen molar-refractivity contribution in [1.82, 2.24) is 0 Å². The second kappa shape index (κ2) is 9.56. The number of hydrogen-bond acceptors (Lipinski definition) is 9. The first-order valence-electron chi connectivity index (χ1n) is 10.2. The predicted molar refractivity (Wildman–Crippen MR) is 118 cm³/mol. The van der Waals surface area contributed by atoms with E-state index in [9.17, 15) is 40.2 Å². The minimum atomic E-state index is -0.681. The maximum atomic E-state index is 13.2. The van der Waals surface area contributed by atoms with Gasteiger partial charge in [-0.1, -0.05) is 0 Å². The Kier molecular flexibility index (Phi) is 6.81. The van der Waals surface area contributed by atoms with E-state index in [-0.39, 0.29) is 48.7 Å². The van der Waals surface area contributed by atoms with E-state index in [0.29, 0.717) is 11.1 Å². The second-order valence-electron chi connectivity index (χ2n) is 7.77. The number of carbonyl (C=O) groups is 2. The Morgan fingerprint density at radius 2 is 1.24 bits per heavy atom. The summed E-state index contributed by atoms with van der Waals surface area (Å²) < 4.78 is 5.02. The average molecular weight is 456 g/mol. The number of phenolic OH excluding ortho intramolecular Hbond substituents is 6. The molecule has 0 unspecified atom stereocenters. The van der Waals surface area contributed by atoms with Crippen LogP contribution in [0.5, 0.6) is 34.5 Å². The Labute approximate surface area is 189 Å². The number of hydrogen-bond donors (Lipinski definition) is 6. The number of phenols is 6. The summed E-state index contributed by atoms with van der Waals surface area (Å²) in [5.74, 6) is -4.67. The van der Waals surface area contributed by atoms with Gasteiger partial charge in [0.2, 0.25) is 0 Å². The quantitative estimate of drug-likeness (QED) is 0.225. The van der Waals surface area contributed by atoms with Crippen molar-refractivity contribution in [3.63, 3.8) is 0 Å². The number of esters is 1. The van der Waals surface area contributed by atoms with Crippen LogP contribution < -0.4 is 0 Å². The molecule has 0 spiro atoms. The van der Waals surface area contributed by atoms with Crippen molar-refractivity contribution < 1.29 is 45.0 Å². The molecule has 0 aromatic heterocycles. The molecule has 1 saturated carbocycles. The molecule has 174 valence electrons. The van der Waals surface area contributed by atoms with E-state index >= 15 is 0 Å². The van der Waals surface area contributed by atoms with Crippen LogP contribution in [-0.4, -0.2) is 49.0 Å². The fourth-order valence-electron chi connectivity index (χ4n) is 3.75. The maximum Gasteiger partial charge on any atom is 0.306 e. The minimum absolute atomic E-state index is 0.0496. The fraction of sp³-hybridized carbons (Fsp3) is 0.250. The first kappa shape index (κ1) is 23.5. The highest BCUT2D eigenvalue weighted by Gasteiger charge is 2.30. The van der Waals surface area contributed by atoms with Crippen molar-refractivity contribution in [3.05, 3.63) is 46.5 Å². The van der Waals surface area contributed by atoms with Crippen molar-refractivity contribution in [3.8, 4) is 34.5 Å². The highest BCUT2D eigenvalue weighted by Crippen LogP contribution is 2.40. The molecule has 0 bridgehead atoms. The Balaban J connectivity index is 2.02. The van der Waals surface area contributed by atoms with Crippen LogP contribution in [0.15, 0.2) is 35.4 Å². The molecule has 6 N–H and O–H groups in total. The van der Waals surface area contributed by atoms with Gasteiger partial charge in [-0.2, -0.15) is 0 Å². The van der Waals surface area contributed by atoms with Gasteiger partial charge in [0.25, 0.3) is 0 Å². The van der Waals surface area contributed by atoms with Crippen molar-refractivity contribution in [2.24, 2.45) is 5.92 Å². The summed E-state index contributed by atoms with van der Waals surface area (Å²) in [7, 11) is 0. The molecule has 0 aliphatic heterocycles. The van der Waals surface area contributed by atoms with Gasteiger partial charge in [-0.15, -0.1) is 0 Å². The lowest BCUT2D eigenvalue weighted by Gasteiger charge is -2.25. The molecule has 9 nitrogen and oxygen atoms in total. The third-order valence-electron chi connectivity index (χ3n) is 5.23. The van der Waals surface area contributed by atoms with Gasteiger partial charge in [0.15, 0.2) is 40.3 Å². The van der Waals surface area contributed by atoms with Crippen LogP contribution in [0, 0.1) is 5.92 Å². The molecular formula is C24H24O9. The van der Waals surface area contributed by atoms with E-state index < -0.39 is 40.5 Å². The van der Waals surface area contributed by atoms with Crippen molar-refractivity contribution in [1.29, 1.82) is 0 Å². The lowest BCUT2D eigenvalue weighted by Crippen LogP contribution is -2.22. The summed E-state index contributed by atoms with van der Waals surface area (Å²) in [4.78, 5) is 25.2. The number of ether oxygens (including phenoxy) is 1. The summed E-state index contributed by atoms with van der Waals surface area (Å²) >= 11 is 0. The highest BCUT2D eigenvalue weighted by atomic mass is 16.5. The standard InChI is InChI=1S/C24H24O9/c1-2-33-21(29)11-12-3-15(5-13-7-17(25)23(31)18(26)8-13)22(30)16(4-12)6-14-9-19(27)24(32)20(28)10-14/h5-10,12,25-28,31-32H,2-4,11H2,1H3/b15-5+,16-6+. The van der Waals surface area contributed by atoms with Gasteiger partial charge < -0.3 is 35.4 Å². The molecule has 33 heavy (non-hydrogen) atoms. The topological polar surface area (TPSA) is 165 Å². The molecule has 1 aliphatic carbocycles. The summed E-state index contributed by atoms with van der Waals surface area (Å²) in [6.07, 6.45) is 3.39. The first-order valence-corrected chi connectivity index (χ1v) is 10.2. The number of Topliss-reactive ketones (excluding diaryl/α,β-unsaturated/α-hetero) is 1. The lowest BCUT2D eigenvalue weighted by atomic mass is 9.78. The highest BCUT2D eigenvalue weighted by molar-refractivity contribution is 6.14. The molecule has 9 heteroatoms. The van der Waals surface area contributed by atoms with Crippen LogP contribution in [0.1, 0.15) is 37.3 Å². The Bertz CT molecular complexity index is 1040. The summed E-state index contributed by atoms with van der Waals surface area (Å²) in [5.41, 5.74) is 1.11. The van der Waals surface area contributed by atoms with Crippen LogP contribution in [0.25, 0.3) is 12.2 Å². The Hall–Kier alpha value is -4.14. The molecule has 3 rings (SSSR count). The van der Waals surface area contributed by atoms with Crippen molar-refractivity contribution in [2.45, 2.75) is 26.2 Å². The van der Waals surface area contributed by atoms with Crippen molar-refractivity contribution in [2.75, 3.05) is 6.61 Å². The SMILES string of the molecule is CCOC(=O)CC1C/C(=C\c2cc(O)c(O)c(O)c2)C(=O)/C(=C/c2cc(O)c(O)c(O)c2)C1. The van der Waals surface area contributed by atoms with E-state index in [2.05, 4.69) is 0 Å². The molecule has 0 radical (unpaired) electrons. The number of ketones is 1. The van der Waals surface area contributed by atoms with Gasteiger partial charge >= 0.3 is 5.97 Å². The van der Waals surface area contributed by atoms with Gasteiger partial charge in [-0.3, -0.25) is 9.59 Å². The predicted octanol–water partition coefficient (Wildman–Crippen LogP) is 3.32. The van der Waals surface area contributed by atoms with Gasteiger partial charge in [-0.05, 0) is 73.2 Å². The summed E-state index contributed by atoms with van der Waals surface area (Å²) in [5, 5.41) is 58.1. The van der Waals surface area contributed by atoms with E-state index in [4.69, 9.17) is 4.74 Å². The number of allylic oxidation sites excluding steroid dienone is 2. The molecule has 0 heterocycles. The number of benzene rings is 2. The number of carbonyl (C=O) groups excluding carboxylic acids is 2. The molecule has 2 aromatic rings. The lowest BCUT2D eigenvalue weighted by molar-refractivity contribution is -0.144. The average Bonchev–Trinajstić information content (AvgIpc) is 2.73. The van der Waals surface area contributed by atoms with Crippen LogP contribution in [0.2, 0.25) is 0 Å². The van der Waals surface area contributed by atoms with Gasteiger partial charge in [0, 0.05) is 17.6 Å². The molecule has 1 fully saturated rings. The van der Waals surface area contributed by atoms with Crippen LogP contribution in [0.4, 0.5) is 0 Å². The first-order chi connectivity index (χ1) is 15.6. The van der Waals surface area contributed by atoms with E-state index in [1.54, 1.807) is 6.92 Å². The zero-order valence-corrected chi connectivity index (χ0v) is 17.8. The van der Waals surface area contributed by atoms with Gasteiger partial charge in [-0.25, -0.2) is 0 Å². The van der Waals surface area contributed by atoms with Gasteiger partial charge in [0.05, 0.1) is 6.61 Å². The Morgan fingerprint density at radius 1 is 0.848 bits per heavy atom. The summed E-state index contributed by atoms with van der Waals surface area (Å²) in [6, 6.07) is 4.74. The van der Waals surface area contributed by atoms with E-state index in [1.165, 1.54) is 36.4 Å². The fourth-order valence-corrected chi connectivity index (χ4v) is 3.75. The molecule has 0 amide bonds. The van der Waals surface area contributed by atoms with Crippen LogP contribution >= 0.6 is 0 Å². The number of rotatable bonds is 5. The smallest absolute Gasteiger partial charge is 0.306 e. The zero-order valence-electron chi connectivity index (χ0n) is 17.8. The van der Waals surface area contributed by atoms with Crippen molar-refractivity contribution >= 4 is 23.9 Å². The third-order valence-corrected chi connectivity index (χ3v) is 5.23.